The third-order valence-corrected chi connectivity index (χ3v) is 3.22. The van der Waals surface area contributed by atoms with Crippen LogP contribution in [0.1, 0.15) is 50.9 Å². The van der Waals surface area contributed by atoms with Gasteiger partial charge in [0.2, 0.25) is 0 Å². The van der Waals surface area contributed by atoms with Crippen molar-refractivity contribution in [3.8, 4) is 5.69 Å². The van der Waals surface area contributed by atoms with E-state index in [0.717, 1.165) is 5.82 Å². The topological polar surface area (TPSA) is 17.8 Å². The lowest BCUT2D eigenvalue weighted by Crippen LogP contribution is -2.02. The van der Waals surface area contributed by atoms with Crippen molar-refractivity contribution in [3.63, 3.8) is 0 Å². The van der Waals surface area contributed by atoms with E-state index in [1.165, 1.54) is 30.5 Å². The molecular weight excluding hydrogens is 220 g/mol. The Hall–Kier alpha value is -1.57. The molecular formula is C16H22N2. The highest BCUT2D eigenvalue weighted by atomic mass is 15.1. The molecule has 1 aromatic carbocycles. The van der Waals surface area contributed by atoms with Crippen molar-refractivity contribution in [1.82, 2.24) is 9.55 Å². The molecule has 0 saturated heterocycles. The van der Waals surface area contributed by atoms with Crippen LogP contribution in [0.15, 0.2) is 36.7 Å². The lowest BCUT2D eigenvalue weighted by molar-refractivity contribution is 0.751. The van der Waals surface area contributed by atoms with Crippen LogP contribution in [-0.2, 0) is 6.42 Å². The van der Waals surface area contributed by atoms with Crippen LogP contribution in [-0.4, -0.2) is 9.55 Å². The van der Waals surface area contributed by atoms with E-state index in [4.69, 9.17) is 0 Å². The van der Waals surface area contributed by atoms with Crippen molar-refractivity contribution in [2.45, 2.75) is 46.0 Å². The van der Waals surface area contributed by atoms with Crippen molar-refractivity contribution in [2.24, 2.45) is 0 Å². The molecule has 0 radical (unpaired) electrons. The van der Waals surface area contributed by atoms with Gasteiger partial charge < -0.3 is 4.57 Å². The average Bonchev–Trinajstić information content (AvgIpc) is 2.86. The van der Waals surface area contributed by atoms with Gasteiger partial charge in [-0.3, -0.25) is 0 Å². The van der Waals surface area contributed by atoms with Gasteiger partial charge in [-0.05, 0) is 30.5 Å². The van der Waals surface area contributed by atoms with Crippen LogP contribution < -0.4 is 0 Å². The minimum Gasteiger partial charge on any atom is -0.304 e. The predicted octanol–water partition coefficient (Wildman–Crippen LogP) is 4.34. The van der Waals surface area contributed by atoms with Crippen LogP contribution in [0.3, 0.4) is 0 Å². The van der Waals surface area contributed by atoms with E-state index in [1.54, 1.807) is 0 Å². The zero-order chi connectivity index (χ0) is 13.0. The van der Waals surface area contributed by atoms with Crippen LogP contribution in [0.4, 0.5) is 0 Å². The Morgan fingerprint density at radius 3 is 2.50 bits per heavy atom. The molecule has 0 spiro atoms. The molecule has 0 aliphatic rings. The number of aromatic nitrogens is 2. The molecule has 0 aliphatic carbocycles. The molecule has 2 nitrogen and oxygen atoms in total. The largest absolute Gasteiger partial charge is 0.304 e. The third kappa shape index (κ3) is 2.81. The molecule has 2 rings (SSSR count). The number of benzene rings is 1. The standard InChI is InChI=1S/C16H22N2/c1-4-5-6-14-7-9-15(10-8-14)18-12-11-17-16(18)13(2)3/h7-13H,4-6H2,1-3H3. The molecule has 0 bridgehead atoms. The highest BCUT2D eigenvalue weighted by Crippen LogP contribution is 2.18. The Balaban J connectivity index is 2.21. The van der Waals surface area contributed by atoms with Gasteiger partial charge in [0, 0.05) is 24.0 Å². The third-order valence-electron chi connectivity index (χ3n) is 3.22. The Bertz CT molecular complexity index is 480. The van der Waals surface area contributed by atoms with Crippen LogP contribution in [0.2, 0.25) is 0 Å². The van der Waals surface area contributed by atoms with Crippen LogP contribution >= 0.6 is 0 Å². The summed E-state index contributed by atoms with van der Waals surface area (Å²) in [6.07, 6.45) is 7.61. The van der Waals surface area contributed by atoms with Crippen LogP contribution in [0, 0.1) is 0 Å². The van der Waals surface area contributed by atoms with Crippen molar-refractivity contribution in [1.29, 1.82) is 0 Å². The van der Waals surface area contributed by atoms with E-state index in [1.807, 2.05) is 12.4 Å². The molecule has 0 saturated carbocycles. The summed E-state index contributed by atoms with van der Waals surface area (Å²) >= 11 is 0. The summed E-state index contributed by atoms with van der Waals surface area (Å²) < 4.78 is 2.17. The number of hydrogen-bond acceptors (Lipinski definition) is 1. The van der Waals surface area contributed by atoms with Gasteiger partial charge in [-0.1, -0.05) is 39.3 Å². The first-order valence-corrected chi connectivity index (χ1v) is 6.85. The van der Waals surface area contributed by atoms with Gasteiger partial charge in [-0.25, -0.2) is 4.98 Å². The summed E-state index contributed by atoms with van der Waals surface area (Å²) in [6, 6.07) is 8.85. The molecule has 0 atom stereocenters. The molecule has 96 valence electrons. The van der Waals surface area contributed by atoms with Crippen molar-refractivity contribution < 1.29 is 0 Å². The van der Waals surface area contributed by atoms with Gasteiger partial charge in [0.25, 0.3) is 0 Å². The fraction of sp³-hybridized carbons (Fsp3) is 0.438. The van der Waals surface area contributed by atoms with E-state index in [2.05, 4.69) is 54.6 Å². The van der Waals surface area contributed by atoms with E-state index in [0.29, 0.717) is 5.92 Å². The molecule has 0 unspecified atom stereocenters. The molecule has 1 heterocycles. The fourth-order valence-electron chi connectivity index (χ4n) is 2.16. The number of imidazole rings is 1. The maximum absolute atomic E-state index is 4.43. The minimum atomic E-state index is 0.444. The summed E-state index contributed by atoms with van der Waals surface area (Å²) in [5, 5.41) is 0. The van der Waals surface area contributed by atoms with E-state index >= 15 is 0 Å². The lowest BCUT2D eigenvalue weighted by atomic mass is 10.1. The van der Waals surface area contributed by atoms with Crippen molar-refractivity contribution in [3.05, 3.63) is 48.0 Å². The highest BCUT2D eigenvalue weighted by molar-refractivity contribution is 5.36. The number of aryl methyl sites for hydroxylation is 1. The van der Waals surface area contributed by atoms with Gasteiger partial charge >= 0.3 is 0 Å². The Kier molecular flexibility index (Phi) is 4.19. The molecule has 0 N–H and O–H groups in total. The van der Waals surface area contributed by atoms with Crippen LogP contribution in [0.25, 0.3) is 5.69 Å². The summed E-state index contributed by atoms with van der Waals surface area (Å²) in [4.78, 5) is 4.43. The smallest absolute Gasteiger partial charge is 0.115 e. The van der Waals surface area contributed by atoms with Gasteiger partial charge in [0.1, 0.15) is 5.82 Å². The predicted molar refractivity (Wildman–Crippen MR) is 76.3 cm³/mol. The quantitative estimate of drug-likeness (QED) is 0.762. The second-order valence-corrected chi connectivity index (χ2v) is 5.08. The van der Waals surface area contributed by atoms with Gasteiger partial charge in [0.15, 0.2) is 0 Å². The molecule has 0 aliphatic heterocycles. The maximum atomic E-state index is 4.43. The molecule has 1 aromatic heterocycles. The SMILES string of the molecule is CCCCc1ccc(-n2ccnc2C(C)C)cc1. The molecule has 0 fully saturated rings. The fourth-order valence-corrected chi connectivity index (χ4v) is 2.16. The molecule has 2 aromatic rings. The number of unbranched alkanes of at least 4 members (excludes halogenated alkanes) is 1. The van der Waals surface area contributed by atoms with Crippen molar-refractivity contribution >= 4 is 0 Å². The molecule has 18 heavy (non-hydrogen) atoms. The second kappa shape index (κ2) is 5.85. The van der Waals surface area contributed by atoms with Gasteiger partial charge in [-0.2, -0.15) is 0 Å². The van der Waals surface area contributed by atoms with Crippen molar-refractivity contribution in [2.75, 3.05) is 0 Å². The summed E-state index contributed by atoms with van der Waals surface area (Å²) in [5.41, 5.74) is 2.63. The summed E-state index contributed by atoms with van der Waals surface area (Å²) in [5.74, 6) is 1.57. The van der Waals surface area contributed by atoms with E-state index in [9.17, 15) is 0 Å². The zero-order valence-corrected chi connectivity index (χ0v) is 11.6. The number of nitrogens with zero attached hydrogens (tertiary/aromatic N) is 2. The first kappa shape index (κ1) is 12.9. The van der Waals surface area contributed by atoms with Gasteiger partial charge in [0.05, 0.1) is 0 Å². The first-order valence-electron chi connectivity index (χ1n) is 6.85. The Labute approximate surface area is 110 Å². The summed E-state index contributed by atoms with van der Waals surface area (Å²) in [6.45, 7) is 6.58. The minimum absolute atomic E-state index is 0.444. The highest BCUT2D eigenvalue weighted by Gasteiger charge is 2.08. The van der Waals surface area contributed by atoms with Crippen LogP contribution in [0.5, 0.6) is 0 Å². The Morgan fingerprint density at radius 2 is 1.89 bits per heavy atom. The molecule has 2 heteroatoms. The summed E-state index contributed by atoms with van der Waals surface area (Å²) in [7, 11) is 0. The monoisotopic (exact) mass is 242 g/mol. The normalized spacial score (nSPS) is 11.1. The second-order valence-electron chi connectivity index (χ2n) is 5.08. The van der Waals surface area contributed by atoms with E-state index < -0.39 is 0 Å². The Morgan fingerprint density at radius 1 is 1.17 bits per heavy atom. The zero-order valence-electron chi connectivity index (χ0n) is 11.6. The molecule has 0 amide bonds. The number of rotatable bonds is 5. The number of hydrogen-bond donors (Lipinski definition) is 0. The lowest BCUT2D eigenvalue weighted by Gasteiger charge is -2.11. The van der Waals surface area contributed by atoms with Gasteiger partial charge in [-0.15, -0.1) is 0 Å². The maximum Gasteiger partial charge on any atom is 0.115 e. The first-order chi connectivity index (χ1) is 8.72. The average molecular weight is 242 g/mol. The van der Waals surface area contributed by atoms with E-state index in [-0.39, 0.29) is 0 Å².